The molecule has 3 heteroatoms. The van der Waals surface area contributed by atoms with E-state index in [2.05, 4.69) is 31.3 Å². The summed E-state index contributed by atoms with van der Waals surface area (Å²) in [5.74, 6) is 0.567. The van der Waals surface area contributed by atoms with Crippen molar-refractivity contribution >= 4 is 5.91 Å². The first kappa shape index (κ1) is 17.0. The van der Waals surface area contributed by atoms with E-state index in [1.165, 1.54) is 18.4 Å². The van der Waals surface area contributed by atoms with Gasteiger partial charge in [-0.15, -0.1) is 0 Å². The Morgan fingerprint density at radius 2 is 2.00 bits per heavy atom. The van der Waals surface area contributed by atoms with Gasteiger partial charge in [0.25, 0.3) is 5.91 Å². The summed E-state index contributed by atoms with van der Waals surface area (Å²) >= 11 is 0. The van der Waals surface area contributed by atoms with Gasteiger partial charge in [0.1, 0.15) is 0 Å². The van der Waals surface area contributed by atoms with Crippen LogP contribution in [0, 0.1) is 0 Å². The van der Waals surface area contributed by atoms with Gasteiger partial charge in [-0.25, -0.2) is 0 Å². The number of carbonyl (C=O) groups excluding carboxylic acids is 1. The highest BCUT2D eigenvalue weighted by molar-refractivity contribution is 5.94. The van der Waals surface area contributed by atoms with Gasteiger partial charge in [-0.05, 0) is 62.1 Å². The number of carbonyl (C=O) groups is 1. The quantitative estimate of drug-likeness (QED) is 0.834. The third kappa shape index (κ3) is 4.57. The van der Waals surface area contributed by atoms with Gasteiger partial charge in [-0.3, -0.25) is 4.79 Å². The predicted octanol–water partition coefficient (Wildman–Crippen LogP) is 4.01. The van der Waals surface area contributed by atoms with Crippen LogP contribution in [0.1, 0.15) is 80.6 Å². The van der Waals surface area contributed by atoms with Crippen molar-refractivity contribution in [1.29, 1.82) is 0 Å². The molecular weight excluding hydrogens is 274 g/mol. The van der Waals surface area contributed by atoms with Crippen molar-refractivity contribution in [3.05, 3.63) is 35.4 Å². The van der Waals surface area contributed by atoms with Gasteiger partial charge in [0.2, 0.25) is 0 Å². The summed E-state index contributed by atoms with van der Waals surface area (Å²) in [4.78, 5) is 12.4. The zero-order chi connectivity index (χ0) is 15.9. The van der Waals surface area contributed by atoms with Crippen LogP contribution in [0.5, 0.6) is 0 Å². The van der Waals surface area contributed by atoms with E-state index >= 15 is 0 Å². The fourth-order valence-corrected chi connectivity index (χ4v) is 3.38. The van der Waals surface area contributed by atoms with E-state index in [4.69, 9.17) is 0 Å². The summed E-state index contributed by atoms with van der Waals surface area (Å²) < 4.78 is 0. The van der Waals surface area contributed by atoms with Gasteiger partial charge >= 0.3 is 0 Å². The molecule has 2 N–H and O–H groups in total. The van der Waals surface area contributed by atoms with E-state index < -0.39 is 0 Å². The van der Waals surface area contributed by atoms with Crippen LogP contribution < -0.4 is 5.32 Å². The normalized spacial score (nSPS) is 23.0. The van der Waals surface area contributed by atoms with Gasteiger partial charge in [0.05, 0.1) is 6.10 Å². The van der Waals surface area contributed by atoms with E-state index in [0.29, 0.717) is 5.92 Å². The van der Waals surface area contributed by atoms with Gasteiger partial charge in [0.15, 0.2) is 0 Å². The maximum atomic E-state index is 12.4. The van der Waals surface area contributed by atoms with Crippen molar-refractivity contribution in [2.24, 2.45) is 0 Å². The van der Waals surface area contributed by atoms with Crippen LogP contribution in [0.15, 0.2) is 24.3 Å². The molecule has 1 fully saturated rings. The van der Waals surface area contributed by atoms with Gasteiger partial charge < -0.3 is 10.4 Å². The molecule has 0 heterocycles. The minimum absolute atomic E-state index is 0.0228. The molecule has 0 saturated heterocycles. The van der Waals surface area contributed by atoms with Crippen molar-refractivity contribution in [2.75, 3.05) is 0 Å². The minimum Gasteiger partial charge on any atom is -0.393 e. The Morgan fingerprint density at radius 3 is 2.64 bits per heavy atom. The summed E-state index contributed by atoms with van der Waals surface area (Å²) in [6, 6.07) is 8.29. The number of aliphatic hydroxyl groups is 1. The molecule has 1 amide bonds. The summed E-state index contributed by atoms with van der Waals surface area (Å²) in [6.07, 6.45) is 6.59. The van der Waals surface area contributed by atoms with Crippen LogP contribution in [0.2, 0.25) is 0 Å². The number of amides is 1. The average molecular weight is 303 g/mol. The molecule has 1 atom stereocenters. The molecule has 2 rings (SSSR count). The lowest BCUT2D eigenvalue weighted by Gasteiger charge is -2.26. The van der Waals surface area contributed by atoms with Crippen LogP contribution in [0.3, 0.4) is 0 Å². The Labute approximate surface area is 134 Å². The van der Waals surface area contributed by atoms with Gasteiger partial charge in [0, 0.05) is 11.6 Å². The van der Waals surface area contributed by atoms with E-state index in [-0.39, 0.29) is 18.1 Å². The number of hydrogen-bond acceptors (Lipinski definition) is 2. The monoisotopic (exact) mass is 303 g/mol. The van der Waals surface area contributed by atoms with Crippen LogP contribution in [-0.2, 0) is 0 Å². The molecule has 22 heavy (non-hydrogen) atoms. The van der Waals surface area contributed by atoms with E-state index in [9.17, 15) is 9.90 Å². The Morgan fingerprint density at radius 1 is 1.27 bits per heavy atom. The van der Waals surface area contributed by atoms with E-state index in [1.54, 1.807) is 0 Å². The zero-order valence-corrected chi connectivity index (χ0v) is 13.8. The lowest BCUT2D eigenvalue weighted by molar-refractivity contribution is 0.0867. The molecule has 0 spiro atoms. The molecule has 0 aromatic heterocycles. The lowest BCUT2D eigenvalue weighted by atomic mass is 9.90. The molecular formula is C19H29NO2. The second-order valence-electron chi connectivity index (χ2n) is 6.50. The lowest BCUT2D eigenvalue weighted by Crippen LogP contribution is -2.38. The molecule has 1 aromatic carbocycles. The highest BCUT2D eigenvalue weighted by Gasteiger charge is 2.21. The summed E-state index contributed by atoms with van der Waals surface area (Å²) in [5, 5.41) is 12.7. The predicted molar refractivity (Wildman–Crippen MR) is 90.1 cm³/mol. The van der Waals surface area contributed by atoms with Crippen LogP contribution in [0.4, 0.5) is 0 Å². The largest absolute Gasteiger partial charge is 0.393 e. The first-order chi connectivity index (χ1) is 10.6. The van der Waals surface area contributed by atoms with Crippen molar-refractivity contribution < 1.29 is 9.90 Å². The molecule has 1 aromatic rings. The summed E-state index contributed by atoms with van der Waals surface area (Å²) in [6.45, 7) is 4.41. The highest BCUT2D eigenvalue weighted by atomic mass is 16.3. The van der Waals surface area contributed by atoms with Crippen LogP contribution >= 0.6 is 0 Å². The molecule has 122 valence electrons. The number of aliphatic hydroxyl groups excluding tert-OH is 1. The maximum Gasteiger partial charge on any atom is 0.251 e. The fourth-order valence-electron chi connectivity index (χ4n) is 3.38. The summed E-state index contributed by atoms with van der Waals surface area (Å²) in [7, 11) is 0. The first-order valence-corrected chi connectivity index (χ1v) is 8.72. The smallest absolute Gasteiger partial charge is 0.251 e. The molecule has 1 unspecified atom stereocenters. The minimum atomic E-state index is -0.184. The van der Waals surface area contributed by atoms with E-state index in [1.807, 2.05) is 12.1 Å². The number of benzene rings is 1. The van der Waals surface area contributed by atoms with Crippen molar-refractivity contribution in [3.8, 4) is 0 Å². The topological polar surface area (TPSA) is 49.3 Å². The molecule has 0 radical (unpaired) electrons. The molecule has 0 aliphatic heterocycles. The Hall–Kier alpha value is -1.35. The fraction of sp³-hybridized carbons (Fsp3) is 0.632. The molecule has 0 bridgehead atoms. The SMILES string of the molecule is CCCC(CC)c1cccc(C(=O)N[C@H]2CC[C@H](O)CC2)c1. The average Bonchev–Trinajstić information content (AvgIpc) is 2.55. The number of nitrogens with one attached hydrogen (secondary N) is 1. The van der Waals surface area contributed by atoms with E-state index in [0.717, 1.165) is 37.7 Å². The maximum absolute atomic E-state index is 12.4. The third-order valence-corrected chi connectivity index (χ3v) is 4.78. The van der Waals surface area contributed by atoms with Crippen LogP contribution in [0.25, 0.3) is 0 Å². The third-order valence-electron chi connectivity index (χ3n) is 4.78. The van der Waals surface area contributed by atoms with Gasteiger partial charge in [-0.2, -0.15) is 0 Å². The zero-order valence-electron chi connectivity index (χ0n) is 13.8. The Kier molecular flexibility index (Phi) is 6.44. The van der Waals surface area contributed by atoms with Crippen molar-refractivity contribution in [1.82, 2.24) is 5.32 Å². The van der Waals surface area contributed by atoms with Gasteiger partial charge in [-0.1, -0.05) is 32.4 Å². The Balaban J connectivity index is 2.00. The molecule has 1 aliphatic rings. The summed E-state index contributed by atoms with van der Waals surface area (Å²) in [5.41, 5.74) is 2.04. The standard InChI is InChI=1S/C19H29NO2/c1-3-6-14(4-2)15-7-5-8-16(13-15)19(22)20-17-9-11-18(21)12-10-17/h5,7-8,13-14,17-18,21H,3-4,6,9-12H2,1-2H3,(H,20,22)/t14?,17-,18-. The first-order valence-electron chi connectivity index (χ1n) is 8.72. The van der Waals surface area contributed by atoms with Crippen molar-refractivity contribution in [2.45, 2.75) is 76.9 Å². The number of rotatable bonds is 6. The molecule has 1 aliphatic carbocycles. The second-order valence-corrected chi connectivity index (χ2v) is 6.50. The van der Waals surface area contributed by atoms with Crippen LogP contribution in [-0.4, -0.2) is 23.2 Å². The number of hydrogen-bond donors (Lipinski definition) is 2. The van der Waals surface area contributed by atoms with Crippen molar-refractivity contribution in [3.63, 3.8) is 0 Å². The Bertz CT molecular complexity index is 478. The second kappa shape index (κ2) is 8.33. The highest BCUT2D eigenvalue weighted by Crippen LogP contribution is 2.25. The molecule has 3 nitrogen and oxygen atoms in total. The molecule has 1 saturated carbocycles.